The van der Waals surface area contributed by atoms with E-state index in [2.05, 4.69) is 28.2 Å². The highest BCUT2D eigenvalue weighted by Crippen LogP contribution is 2.21. The summed E-state index contributed by atoms with van der Waals surface area (Å²) in [6.07, 6.45) is 1.71. The number of halogens is 1. The van der Waals surface area contributed by atoms with Crippen LogP contribution in [0.2, 0.25) is 0 Å². The molecule has 1 rings (SSSR count). The number of aromatic hydroxyl groups is 1. The summed E-state index contributed by atoms with van der Waals surface area (Å²) in [5.41, 5.74) is 0.866. The molecule has 0 saturated heterocycles. The Kier molecular flexibility index (Phi) is 5.80. The number of aliphatic hydroxyl groups is 1. The van der Waals surface area contributed by atoms with Gasteiger partial charge in [0.05, 0.1) is 0 Å². The van der Waals surface area contributed by atoms with Crippen LogP contribution in [0.1, 0.15) is 25.3 Å². The largest absolute Gasteiger partial charge is 0.508 e. The molecule has 4 heteroatoms. The molecule has 0 aliphatic carbocycles. The number of rotatable bonds is 6. The van der Waals surface area contributed by atoms with Crippen molar-refractivity contribution in [2.75, 3.05) is 6.61 Å². The highest BCUT2D eigenvalue weighted by Gasteiger charge is 2.07. The molecule has 1 aromatic carbocycles. The van der Waals surface area contributed by atoms with Gasteiger partial charge in [0, 0.05) is 29.2 Å². The number of phenols is 1. The van der Waals surface area contributed by atoms with Gasteiger partial charge in [0.15, 0.2) is 0 Å². The van der Waals surface area contributed by atoms with Gasteiger partial charge in [-0.1, -0.05) is 22.9 Å². The van der Waals surface area contributed by atoms with Crippen LogP contribution >= 0.6 is 15.9 Å². The molecule has 0 saturated carbocycles. The quantitative estimate of drug-likeness (QED) is 0.753. The normalized spacial score (nSPS) is 12.7. The fraction of sp³-hybridized carbons (Fsp3) is 0.500. The van der Waals surface area contributed by atoms with E-state index in [1.165, 1.54) is 0 Å². The van der Waals surface area contributed by atoms with Crippen molar-refractivity contribution in [1.82, 2.24) is 5.32 Å². The lowest BCUT2D eigenvalue weighted by Gasteiger charge is -2.16. The van der Waals surface area contributed by atoms with E-state index in [4.69, 9.17) is 5.11 Å². The SMILES string of the molecule is CCC(CCO)NCc1cc(Br)ccc1O. The Morgan fingerprint density at radius 2 is 2.19 bits per heavy atom. The molecular weight excluding hydrogens is 270 g/mol. The molecule has 0 bridgehead atoms. The number of nitrogens with one attached hydrogen (secondary N) is 1. The zero-order valence-electron chi connectivity index (χ0n) is 9.41. The maximum absolute atomic E-state index is 9.64. The molecule has 0 amide bonds. The third-order valence-electron chi connectivity index (χ3n) is 2.59. The highest BCUT2D eigenvalue weighted by atomic mass is 79.9. The smallest absolute Gasteiger partial charge is 0.120 e. The van der Waals surface area contributed by atoms with Crippen molar-refractivity contribution in [1.29, 1.82) is 0 Å². The van der Waals surface area contributed by atoms with Crippen LogP contribution in [0, 0.1) is 0 Å². The molecule has 1 atom stereocenters. The van der Waals surface area contributed by atoms with E-state index in [9.17, 15) is 5.11 Å². The van der Waals surface area contributed by atoms with E-state index in [1.54, 1.807) is 6.07 Å². The first-order valence-corrected chi connectivity index (χ1v) is 6.28. The molecule has 3 nitrogen and oxygen atoms in total. The average Bonchev–Trinajstić information content (AvgIpc) is 2.28. The second-order valence-corrected chi connectivity index (χ2v) is 4.69. The topological polar surface area (TPSA) is 52.5 Å². The van der Waals surface area contributed by atoms with Crippen LogP contribution in [0.15, 0.2) is 22.7 Å². The molecule has 0 fully saturated rings. The van der Waals surface area contributed by atoms with Gasteiger partial charge in [-0.2, -0.15) is 0 Å². The summed E-state index contributed by atoms with van der Waals surface area (Å²) in [4.78, 5) is 0. The van der Waals surface area contributed by atoms with E-state index in [0.29, 0.717) is 18.3 Å². The number of aliphatic hydroxyl groups excluding tert-OH is 1. The van der Waals surface area contributed by atoms with Crippen LogP contribution in [0.25, 0.3) is 0 Å². The average molecular weight is 288 g/mol. The molecule has 0 aliphatic rings. The van der Waals surface area contributed by atoms with Crippen molar-refractivity contribution in [3.8, 4) is 5.75 Å². The summed E-state index contributed by atoms with van der Waals surface area (Å²) in [7, 11) is 0. The lowest BCUT2D eigenvalue weighted by atomic mass is 10.1. The Hall–Kier alpha value is -0.580. The molecule has 0 spiro atoms. The Bertz CT molecular complexity index is 331. The van der Waals surface area contributed by atoms with Crippen LogP contribution in [0.5, 0.6) is 5.75 Å². The monoisotopic (exact) mass is 287 g/mol. The summed E-state index contributed by atoms with van der Waals surface area (Å²) in [6, 6.07) is 5.68. The molecule has 16 heavy (non-hydrogen) atoms. The van der Waals surface area contributed by atoms with Gasteiger partial charge in [-0.3, -0.25) is 0 Å². The first-order valence-electron chi connectivity index (χ1n) is 5.49. The van der Waals surface area contributed by atoms with Crippen LogP contribution in [0.4, 0.5) is 0 Å². The van der Waals surface area contributed by atoms with Gasteiger partial charge < -0.3 is 15.5 Å². The Morgan fingerprint density at radius 3 is 2.81 bits per heavy atom. The Labute approximate surface area is 105 Å². The van der Waals surface area contributed by atoms with Crippen LogP contribution in [-0.2, 0) is 6.54 Å². The van der Waals surface area contributed by atoms with Gasteiger partial charge >= 0.3 is 0 Å². The van der Waals surface area contributed by atoms with Crippen molar-refractivity contribution in [2.45, 2.75) is 32.4 Å². The van der Waals surface area contributed by atoms with Gasteiger partial charge in [-0.15, -0.1) is 0 Å². The third kappa shape index (κ3) is 4.12. The molecule has 90 valence electrons. The van der Waals surface area contributed by atoms with E-state index >= 15 is 0 Å². The third-order valence-corrected chi connectivity index (χ3v) is 3.09. The summed E-state index contributed by atoms with van der Waals surface area (Å²) in [5.74, 6) is 0.301. The first kappa shape index (κ1) is 13.5. The van der Waals surface area contributed by atoms with E-state index < -0.39 is 0 Å². The minimum absolute atomic E-state index is 0.190. The molecule has 0 aliphatic heterocycles. The van der Waals surface area contributed by atoms with Crippen molar-refractivity contribution in [3.63, 3.8) is 0 Å². The highest BCUT2D eigenvalue weighted by molar-refractivity contribution is 9.10. The number of benzene rings is 1. The first-order chi connectivity index (χ1) is 7.67. The summed E-state index contributed by atoms with van der Waals surface area (Å²) < 4.78 is 0.956. The number of hydrogen-bond donors (Lipinski definition) is 3. The molecule has 0 radical (unpaired) electrons. The molecule has 1 aromatic rings. The molecule has 0 heterocycles. The summed E-state index contributed by atoms with van der Waals surface area (Å²) in [6.45, 7) is 2.88. The van der Waals surface area contributed by atoms with Crippen molar-refractivity contribution >= 4 is 15.9 Å². The zero-order valence-corrected chi connectivity index (χ0v) is 11.0. The lowest BCUT2D eigenvalue weighted by Crippen LogP contribution is -2.28. The maximum atomic E-state index is 9.64. The molecule has 0 aromatic heterocycles. The number of hydrogen-bond acceptors (Lipinski definition) is 3. The van der Waals surface area contributed by atoms with E-state index in [1.807, 2.05) is 12.1 Å². The zero-order chi connectivity index (χ0) is 12.0. The minimum Gasteiger partial charge on any atom is -0.508 e. The van der Waals surface area contributed by atoms with Gasteiger partial charge in [0.2, 0.25) is 0 Å². The van der Waals surface area contributed by atoms with Crippen molar-refractivity contribution < 1.29 is 10.2 Å². The van der Waals surface area contributed by atoms with Crippen LogP contribution in [0.3, 0.4) is 0 Å². The van der Waals surface area contributed by atoms with Gasteiger partial charge in [-0.25, -0.2) is 0 Å². The standard InChI is InChI=1S/C12H18BrNO2/c1-2-11(5-6-15)14-8-9-7-10(13)3-4-12(9)16/h3-4,7,11,14-16H,2,5-6,8H2,1H3. The van der Waals surface area contributed by atoms with Crippen molar-refractivity contribution in [3.05, 3.63) is 28.2 Å². The Morgan fingerprint density at radius 1 is 1.44 bits per heavy atom. The molecular formula is C12H18BrNO2. The van der Waals surface area contributed by atoms with Crippen LogP contribution < -0.4 is 5.32 Å². The van der Waals surface area contributed by atoms with Gasteiger partial charge in [0.1, 0.15) is 5.75 Å². The number of phenolic OH excluding ortho intramolecular Hbond substituents is 1. The van der Waals surface area contributed by atoms with Crippen LogP contribution in [-0.4, -0.2) is 22.9 Å². The van der Waals surface area contributed by atoms with E-state index in [0.717, 1.165) is 22.9 Å². The fourth-order valence-electron chi connectivity index (χ4n) is 1.56. The van der Waals surface area contributed by atoms with Gasteiger partial charge in [-0.05, 0) is 31.0 Å². The molecule has 1 unspecified atom stereocenters. The second kappa shape index (κ2) is 6.89. The predicted molar refractivity (Wildman–Crippen MR) is 68.4 cm³/mol. The minimum atomic E-state index is 0.190. The predicted octanol–water partition coefficient (Wildman–Crippen LogP) is 2.41. The van der Waals surface area contributed by atoms with Gasteiger partial charge in [0.25, 0.3) is 0 Å². The van der Waals surface area contributed by atoms with Crippen molar-refractivity contribution in [2.24, 2.45) is 0 Å². The molecule has 3 N–H and O–H groups in total. The second-order valence-electron chi connectivity index (χ2n) is 3.77. The summed E-state index contributed by atoms with van der Waals surface area (Å²) in [5, 5.41) is 21.8. The Balaban J connectivity index is 2.55. The summed E-state index contributed by atoms with van der Waals surface area (Å²) >= 11 is 3.37. The lowest BCUT2D eigenvalue weighted by molar-refractivity contribution is 0.261. The maximum Gasteiger partial charge on any atom is 0.120 e. The van der Waals surface area contributed by atoms with E-state index in [-0.39, 0.29) is 6.61 Å². The fourth-order valence-corrected chi connectivity index (χ4v) is 1.96.